The van der Waals surface area contributed by atoms with Crippen molar-refractivity contribution >= 4 is 27.7 Å². The summed E-state index contributed by atoms with van der Waals surface area (Å²) in [6.45, 7) is 1.84. The smallest absolute Gasteiger partial charge is 0.260 e. The Balaban J connectivity index is 2.27. The van der Waals surface area contributed by atoms with Crippen LogP contribution in [0.4, 0.5) is 5.82 Å². The number of hydrogen-bond acceptors (Lipinski definition) is 3. The number of benzene rings is 1. The van der Waals surface area contributed by atoms with Gasteiger partial charge in [-0.2, -0.15) is 5.10 Å². The van der Waals surface area contributed by atoms with Gasteiger partial charge >= 0.3 is 0 Å². The number of aromatic nitrogens is 2. The summed E-state index contributed by atoms with van der Waals surface area (Å²) in [6.07, 6.45) is 0. The molecule has 0 aliphatic carbocycles. The van der Waals surface area contributed by atoms with Crippen LogP contribution in [0, 0.1) is 6.92 Å². The van der Waals surface area contributed by atoms with Gasteiger partial charge in [-0.25, -0.2) is 0 Å². The Morgan fingerprint density at radius 3 is 2.78 bits per heavy atom. The lowest BCUT2D eigenvalue weighted by molar-refractivity contribution is 0.102. The molecule has 2 aromatic rings. The lowest BCUT2D eigenvalue weighted by Crippen LogP contribution is -2.14. The summed E-state index contributed by atoms with van der Waals surface area (Å²) in [5.41, 5.74) is 1.02. The zero-order valence-electron chi connectivity index (χ0n) is 9.94. The monoisotopic (exact) mass is 309 g/mol. The van der Waals surface area contributed by atoms with Crippen molar-refractivity contribution in [2.75, 3.05) is 5.32 Å². The highest BCUT2D eigenvalue weighted by atomic mass is 79.9. The van der Waals surface area contributed by atoms with Crippen LogP contribution in [-0.4, -0.2) is 20.8 Å². The Hall–Kier alpha value is -1.82. The number of nitrogens with one attached hydrogen (secondary N) is 1. The van der Waals surface area contributed by atoms with Crippen molar-refractivity contribution in [1.82, 2.24) is 9.78 Å². The highest BCUT2D eigenvalue weighted by molar-refractivity contribution is 9.10. The quantitative estimate of drug-likeness (QED) is 0.895. The molecule has 6 heteroatoms. The molecule has 1 heterocycles. The largest absolute Gasteiger partial charge is 0.507 e. The molecular weight excluding hydrogens is 298 g/mol. The Bertz CT molecular complexity index is 607. The molecule has 0 bridgehead atoms. The average Bonchev–Trinajstić information content (AvgIpc) is 2.61. The molecule has 0 saturated heterocycles. The minimum Gasteiger partial charge on any atom is -0.507 e. The number of phenolic OH excluding ortho intramolecular Hbond substituents is 1. The first-order valence-electron chi connectivity index (χ1n) is 5.28. The molecule has 2 rings (SSSR count). The molecule has 1 aromatic heterocycles. The Labute approximate surface area is 113 Å². The first-order valence-corrected chi connectivity index (χ1v) is 6.07. The van der Waals surface area contributed by atoms with Crippen molar-refractivity contribution in [2.45, 2.75) is 6.92 Å². The van der Waals surface area contributed by atoms with Gasteiger partial charge in [0.25, 0.3) is 5.91 Å². The molecule has 0 radical (unpaired) electrons. The SMILES string of the molecule is Cc1cc(NC(=O)c2cc(Br)ccc2O)n(C)n1. The Morgan fingerprint density at radius 1 is 1.44 bits per heavy atom. The van der Waals surface area contributed by atoms with Gasteiger partial charge in [0.2, 0.25) is 0 Å². The van der Waals surface area contributed by atoms with E-state index >= 15 is 0 Å². The van der Waals surface area contributed by atoms with E-state index in [4.69, 9.17) is 0 Å². The van der Waals surface area contributed by atoms with Crippen molar-refractivity contribution < 1.29 is 9.90 Å². The molecule has 0 aliphatic heterocycles. The number of halogens is 1. The van der Waals surface area contributed by atoms with Crippen LogP contribution >= 0.6 is 15.9 Å². The van der Waals surface area contributed by atoms with Gasteiger partial charge in [0.05, 0.1) is 11.3 Å². The molecule has 1 aromatic carbocycles. The van der Waals surface area contributed by atoms with Gasteiger partial charge in [0, 0.05) is 17.6 Å². The lowest BCUT2D eigenvalue weighted by Gasteiger charge is -2.07. The molecule has 0 unspecified atom stereocenters. The zero-order chi connectivity index (χ0) is 13.3. The lowest BCUT2D eigenvalue weighted by atomic mass is 10.2. The van der Waals surface area contributed by atoms with Gasteiger partial charge in [-0.3, -0.25) is 9.48 Å². The Kier molecular flexibility index (Phi) is 3.38. The zero-order valence-corrected chi connectivity index (χ0v) is 11.5. The van der Waals surface area contributed by atoms with E-state index in [0.717, 1.165) is 10.2 Å². The van der Waals surface area contributed by atoms with E-state index in [-0.39, 0.29) is 17.2 Å². The summed E-state index contributed by atoms with van der Waals surface area (Å²) >= 11 is 3.26. The Morgan fingerprint density at radius 2 is 2.17 bits per heavy atom. The summed E-state index contributed by atoms with van der Waals surface area (Å²) in [4.78, 5) is 12.0. The molecule has 18 heavy (non-hydrogen) atoms. The average molecular weight is 310 g/mol. The molecule has 0 atom stereocenters. The topological polar surface area (TPSA) is 67.2 Å². The molecule has 94 valence electrons. The summed E-state index contributed by atoms with van der Waals surface area (Å²) in [6, 6.07) is 6.45. The van der Waals surface area contributed by atoms with E-state index in [0.29, 0.717) is 5.82 Å². The van der Waals surface area contributed by atoms with Gasteiger partial charge in [-0.15, -0.1) is 0 Å². The fourth-order valence-electron chi connectivity index (χ4n) is 1.60. The van der Waals surface area contributed by atoms with Crippen LogP contribution in [0.3, 0.4) is 0 Å². The number of aryl methyl sites for hydroxylation is 2. The second kappa shape index (κ2) is 4.81. The van der Waals surface area contributed by atoms with Crippen molar-refractivity contribution in [3.63, 3.8) is 0 Å². The van der Waals surface area contributed by atoms with Crippen LogP contribution in [0.5, 0.6) is 5.75 Å². The molecule has 5 nitrogen and oxygen atoms in total. The van der Waals surface area contributed by atoms with E-state index in [1.807, 2.05) is 6.92 Å². The predicted molar refractivity (Wildman–Crippen MR) is 71.7 cm³/mol. The number of rotatable bonds is 2. The highest BCUT2D eigenvalue weighted by Gasteiger charge is 2.13. The van der Waals surface area contributed by atoms with E-state index in [9.17, 15) is 9.90 Å². The van der Waals surface area contributed by atoms with Gasteiger partial charge in [0.1, 0.15) is 11.6 Å². The number of phenols is 1. The number of amides is 1. The third-order valence-corrected chi connectivity index (χ3v) is 2.94. The molecule has 0 fully saturated rings. The third kappa shape index (κ3) is 2.53. The number of carbonyl (C=O) groups is 1. The van der Waals surface area contributed by atoms with Crippen LogP contribution in [0.15, 0.2) is 28.7 Å². The van der Waals surface area contributed by atoms with Crippen LogP contribution in [0.25, 0.3) is 0 Å². The first-order chi connectivity index (χ1) is 8.47. The molecule has 1 amide bonds. The highest BCUT2D eigenvalue weighted by Crippen LogP contribution is 2.23. The molecule has 2 N–H and O–H groups in total. The summed E-state index contributed by atoms with van der Waals surface area (Å²) in [7, 11) is 1.74. The number of carbonyl (C=O) groups excluding carboxylic acids is 1. The second-order valence-electron chi connectivity index (χ2n) is 3.91. The molecule has 0 spiro atoms. The molecule has 0 aliphatic rings. The molecule has 0 saturated carbocycles. The van der Waals surface area contributed by atoms with Crippen LogP contribution in [0.2, 0.25) is 0 Å². The normalized spacial score (nSPS) is 10.4. The van der Waals surface area contributed by atoms with Crippen molar-refractivity contribution in [1.29, 1.82) is 0 Å². The molecular formula is C12H12BrN3O2. The van der Waals surface area contributed by atoms with E-state index in [2.05, 4.69) is 26.3 Å². The van der Waals surface area contributed by atoms with Crippen molar-refractivity contribution in [3.05, 3.63) is 40.0 Å². The first kappa shape index (κ1) is 12.6. The minimum atomic E-state index is -0.378. The van der Waals surface area contributed by atoms with Gasteiger partial charge in [0.15, 0.2) is 0 Å². The minimum absolute atomic E-state index is 0.0606. The summed E-state index contributed by atoms with van der Waals surface area (Å²) in [5.74, 6) is 0.142. The van der Waals surface area contributed by atoms with Gasteiger partial charge in [-0.05, 0) is 25.1 Å². The van der Waals surface area contributed by atoms with Crippen LogP contribution < -0.4 is 5.32 Å². The van der Waals surface area contributed by atoms with Crippen LogP contribution in [0.1, 0.15) is 16.1 Å². The fraction of sp³-hybridized carbons (Fsp3) is 0.167. The maximum absolute atomic E-state index is 12.0. The number of hydrogen-bond donors (Lipinski definition) is 2. The van der Waals surface area contributed by atoms with E-state index in [1.165, 1.54) is 6.07 Å². The van der Waals surface area contributed by atoms with Crippen molar-refractivity contribution in [3.8, 4) is 5.75 Å². The summed E-state index contributed by atoms with van der Waals surface area (Å²) < 4.78 is 2.30. The summed E-state index contributed by atoms with van der Waals surface area (Å²) in [5, 5.41) is 16.5. The number of nitrogens with zero attached hydrogens (tertiary/aromatic N) is 2. The van der Waals surface area contributed by atoms with Crippen molar-refractivity contribution in [2.24, 2.45) is 7.05 Å². The predicted octanol–water partition coefficient (Wildman–Crippen LogP) is 2.45. The maximum Gasteiger partial charge on any atom is 0.260 e. The number of anilines is 1. The van der Waals surface area contributed by atoms with Gasteiger partial charge in [-0.1, -0.05) is 15.9 Å². The number of aromatic hydroxyl groups is 1. The fourth-order valence-corrected chi connectivity index (χ4v) is 1.96. The maximum atomic E-state index is 12.0. The van der Waals surface area contributed by atoms with Gasteiger partial charge < -0.3 is 10.4 Å². The third-order valence-electron chi connectivity index (χ3n) is 2.45. The van der Waals surface area contributed by atoms with Crippen LogP contribution in [-0.2, 0) is 7.05 Å². The van der Waals surface area contributed by atoms with E-state index < -0.39 is 0 Å². The van der Waals surface area contributed by atoms with E-state index in [1.54, 1.807) is 29.9 Å². The standard InChI is InChI=1S/C12H12BrN3O2/c1-7-5-11(16(2)15-7)14-12(18)9-6-8(13)3-4-10(9)17/h3-6,17H,1-2H3,(H,14,18). The second-order valence-corrected chi connectivity index (χ2v) is 4.83.